The summed E-state index contributed by atoms with van der Waals surface area (Å²) in [5, 5.41) is 2.79. The molecule has 0 fully saturated rings. The molecule has 0 aliphatic carbocycles. The average Bonchev–Trinajstić information content (AvgIpc) is 2.48. The standard InChI is InChI=1S/C15H10Cl2F3NO2/c16-10-2-4-11(5-3-10)23-8-14(22)21-13-7-9(15(18,19)20)1-6-12(13)17/h1-7H,8H2,(H,21,22). The van der Waals surface area contributed by atoms with Gasteiger partial charge in [0.05, 0.1) is 16.3 Å². The molecule has 3 nitrogen and oxygen atoms in total. The van der Waals surface area contributed by atoms with Crippen LogP contribution in [0.2, 0.25) is 10.0 Å². The van der Waals surface area contributed by atoms with Crippen LogP contribution in [-0.4, -0.2) is 12.5 Å². The van der Waals surface area contributed by atoms with Crippen LogP contribution >= 0.6 is 23.2 Å². The average molecular weight is 364 g/mol. The normalized spacial score (nSPS) is 11.2. The number of amides is 1. The molecule has 0 aromatic heterocycles. The van der Waals surface area contributed by atoms with Gasteiger partial charge in [-0.05, 0) is 42.5 Å². The highest BCUT2D eigenvalue weighted by molar-refractivity contribution is 6.33. The quantitative estimate of drug-likeness (QED) is 0.827. The van der Waals surface area contributed by atoms with Gasteiger partial charge in [0.2, 0.25) is 0 Å². The van der Waals surface area contributed by atoms with E-state index in [1.165, 1.54) is 0 Å². The Morgan fingerprint density at radius 2 is 1.74 bits per heavy atom. The number of carbonyl (C=O) groups is 1. The zero-order chi connectivity index (χ0) is 17.0. The summed E-state index contributed by atoms with van der Waals surface area (Å²) in [5.74, 6) is -0.235. The number of rotatable bonds is 4. The van der Waals surface area contributed by atoms with Crippen LogP contribution in [0.5, 0.6) is 5.75 Å². The predicted molar refractivity (Wildman–Crippen MR) is 82.0 cm³/mol. The van der Waals surface area contributed by atoms with Crippen LogP contribution in [-0.2, 0) is 11.0 Å². The van der Waals surface area contributed by atoms with Crippen molar-refractivity contribution in [3.8, 4) is 5.75 Å². The summed E-state index contributed by atoms with van der Waals surface area (Å²) in [7, 11) is 0. The Morgan fingerprint density at radius 1 is 1.09 bits per heavy atom. The van der Waals surface area contributed by atoms with Gasteiger partial charge in [-0.2, -0.15) is 13.2 Å². The lowest BCUT2D eigenvalue weighted by Gasteiger charge is -2.12. The molecule has 1 amide bonds. The Hall–Kier alpha value is -1.92. The number of ether oxygens (including phenoxy) is 1. The van der Waals surface area contributed by atoms with Gasteiger partial charge in [0.25, 0.3) is 5.91 Å². The van der Waals surface area contributed by atoms with Crippen molar-refractivity contribution in [2.24, 2.45) is 0 Å². The van der Waals surface area contributed by atoms with E-state index < -0.39 is 17.6 Å². The van der Waals surface area contributed by atoms with Crippen molar-refractivity contribution in [2.75, 3.05) is 11.9 Å². The molecule has 0 radical (unpaired) electrons. The number of anilines is 1. The van der Waals surface area contributed by atoms with Crippen LogP contribution in [0.4, 0.5) is 18.9 Å². The van der Waals surface area contributed by atoms with Crippen molar-refractivity contribution in [1.29, 1.82) is 0 Å². The fraction of sp³-hybridized carbons (Fsp3) is 0.133. The van der Waals surface area contributed by atoms with E-state index in [0.29, 0.717) is 10.8 Å². The van der Waals surface area contributed by atoms with Gasteiger partial charge in [-0.15, -0.1) is 0 Å². The molecule has 0 aliphatic heterocycles. The lowest BCUT2D eigenvalue weighted by molar-refractivity contribution is -0.137. The molecule has 0 spiro atoms. The minimum Gasteiger partial charge on any atom is -0.484 e. The molecule has 2 aromatic rings. The first-order valence-electron chi connectivity index (χ1n) is 6.30. The minimum absolute atomic E-state index is 0.00200. The lowest BCUT2D eigenvalue weighted by atomic mass is 10.2. The Balaban J connectivity index is 2.01. The first-order valence-corrected chi connectivity index (χ1v) is 7.06. The second-order valence-corrected chi connectivity index (χ2v) is 5.33. The summed E-state index contributed by atoms with van der Waals surface area (Å²) in [5.41, 5.74) is -1.04. The highest BCUT2D eigenvalue weighted by Crippen LogP contribution is 2.33. The third kappa shape index (κ3) is 5.04. The van der Waals surface area contributed by atoms with E-state index in [9.17, 15) is 18.0 Å². The first-order chi connectivity index (χ1) is 10.8. The van der Waals surface area contributed by atoms with Gasteiger partial charge in [0.15, 0.2) is 6.61 Å². The fourth-order valence-corrected chi connectivity index (χ4v) is 1.95. The maximum absolute atomic E-state index is 12.6. The van der Waals surface area contributed by atoms with E-state index in [2.05, 4.69) is 5.32 Å². The van der Waals surface area contributed by atoms with Gasteiger partial charge in [-0.3, -0.25) is 4.79 Å². The maximum atomic E-state index is 12.6. The van der Waals surface area contributed by atoms with Crippen molar-refractivity contribution >= 4 is 34.8 Å². The summed E-state index contributed by atoms with van der Waals surface area (Å²) in [6.07, 6.45) is -4.52. The van der Waals surface area contributed by atoms with Crippen LogP contribution in [0.1, 0.15) is 5.56 Å². The Labute approximate surface area is 140 Å². The van der Waals surface area contributed by atoms with Gasteiger partial charge >= 0.3 is 6.18 Å². The zero-order valence-electron chi connectivity index (χ0n) is 11.5. The molecular weight excluding hydrogens is 354 g/mol. The van der Waals surface area contributed by atoms with E-state index in [-0.39, 0.29) is 17.3 Å². The highest BCUT2D eigenvalue weighted by atomic mass is 35.5. The minimum atomic E-state index is -4.52. The van der Waals surface area contributed by atoms with E-state index in [1.54, 1.807) is 24.3 Å². The van der Waals surface area contributed by atoms with E-state index in [0.717, 1.165) is 18.2 Å². The fourth-order valence-electron chi connectivity index (χ4n) is 1.66. The van der Waals surface area contributed by atoms with Crippen molar-refractivity contribution in [1.82, 2.24) is 0 Å². The van der Waals surface area contributed by atoms with E-state index in [1.807, 2.05) is 0 Å². The molecule has 0 saturated heterocycles. The topological polar surface area (TPSA) is 38.3 Å². The number of alkyl halides is 3. The number of nitrogens with one attached hydrogen (secondary N) is 1. The second kappa shape index (κ2) is 7.10. The molecule has 1 N–H and O–H groups in total. The van der Waals surface area contributed by atoms with Gasteiger partial charge in [-0.25, -0.2) is 0 Å². The predicted octanol–water partition coefficient (Wildman–Crippen LogP) is 5.03. The monoisotopic (exact) mass is 363 g/mol. The Bertz CT molecular complexity index is 703. The third-order valence-electron chi connectivity index (χ3n) is 2.75. The van der Waals surface area contributed by atoms with Crippen molar-refractivity contribution in [2.45, 2.75) is 6.18 Å². The van der Waals surface area contributed by atoms with Gasteiger partial charge in [0.1, 0.15) is 5.75 Å². The molecule has 0 bridgehead atoms. The number of benzene rings is 2. The molecule has 2 rings (SSSR count). The van der Waals surface area contributed by atoms with E-state index >= 15 is 0 Å². The largest absolute Gasteiger partial charge is 0.484 e. The lowest BCUT2D eigenvalue weighted by Crippen LogP contribution is -2.20. The molecule has 122 valence electrons. The summed E-state index contributed by atoms with van der Waals surface area (Å²) in [6, 6.07) is 8.96. The number of hydrogen-bond acceptors (Lipinski definition) is 2. The van der Waals surface area contributed by atoms with Crippen LogP contribution in [0.15, 0.2) is 42.5 Å². The van der Waals surface area contributed by atoms with Crippen LogP contribution in [0.3, 0.4) is 0 Å². The van der Waals surface area contributed by atoms with Crippen molar-refractivity contribution in [3.63, 3.8) is 0 Å². The number of halogens is 5. The SMILES string of the molecule is O=C(COc1ccc(Cl)cc1)Nc1cc(C(F)(F)F)ccc1Cl. The van der Waals surface area contributed by atoms with Crippen LogP contribution in [0, 0.1) is 0 Å². The van der Waals surface area contributed by atoms with Crippen LogP contribution in [0.25, 0.3) is 0 Å². The molecule has 0 saturated carbocycles. The second-order valence-electron chi connectivity index (χ2n) is 4.48. The number of carbonyl (C=O) groups excluding carboxylic acids is 1. The van der Waals surface area contributed by atoms with Crippen molar-refractivity contribution in [3.05, 3.63) is 58.1 Å². The number of hydrogen-bond donors (Lipinski definition) is 1. The first kappa shape index (κ1) is 17.4. The molecule has 8 heteroatoms. The zero-order valence-corrected chi connectivity index (χ0v) is 13.0. The van der Waals surface area contributed by atoms with E-state index in [4.69, 9.17) is 27.9 Å². The molecule has 0 atom stereocenters. The molecule has 23 heavy (non-hydrogen) atoms. The summed E-state index contributed by atoms with van der Waals surface area (Å²) < 4.78 is 43.1. The smallest absolute Gasteiger partial charge is 0.416 e. The Kier molecular flexibility index (Phi) is 5.38. The van der Waals surface area contributed by atoms with Gasteiger partial charge in [0, 0.05) is 5.02 Å². The maximum Gasteiger partial charge on any atom is 0.416 e. The van der Waals surface area contributed by atoms with Crippen molar-refractivity contribution < 1.29 is 22.7 Å². The van der Waals surface area contributed by atoms with Gasteiger partial charge in [-0.1, -0.05) is 23.2 Å². The Morgan fingerprint density at radius 3 is 2.35 bits per heavy atom. The van der Waals surface area contributed by atoms with Gasteiger partial charge < -0.3 is 10.1 Å². The summed E-state index contributed by atoms with van der Waals surface area (Å²) >= 11 is 11.5. The summed E-state index contributed by atoms with van der Waals surface area (Å²) in [6.45, 7) is -0.381. The molecule has 2 aromatic carbocycles. The molecule has 0 aliphatic rings. The highest BCUT2D eigenvalue weighted by Gasteiger charge is 2.31. The van der Waals surface area contributed by atoms with Crippen LogP contribution < -0.4 is 10.1 Å². The third-order valence-corrected chi connectivity index (χ3v) is 3.33. The molecule has 0 unspecified atom stereocenters. The molecule has 0 heterocycles. The summed E-state index contributed by atoms with van der Waals surface area (Å²) in [4.78, 5) is 11.8. The molecular formula is C15H10Cl2F3NO2.